The van der Waals surface area contributed by atoms with Crippen LogP contribution in [0.15, 0.2) is 35.5 Å². The number of hydrogen-bond acceptors (Lipinski definition) is 4. The van der Waals surface area contributed by atoms with Crippen LogP contribution in [0.3, 0.4) is 0 Å². The van der Waals surface area contributed by atoms with Gasteiger partial charge in [0, 0.05) is 24.2 Å². The van der Waals surface area contributed by atoms with Crippen molar-refractivity contribution in [3.63, 3.8) is 0 Å². The monoisotopic (exact) mass is 486 g/mol. The molecule has 1 fully saturated rings. The van der Waals surface area contributed by atoms with Crippen molar-refractivity contribution >= 4 is 41.3 Å². The van der Waals surface area contributed by atoms with Crippen molar-refractivity contribution in [2.24, 2.45) is 4.99 Å². The Morgan fingerprint density at radius 1 is 1.38 bits per heavy atom. The third-order valence-corrected chi connectivity index (χ3v) is 5.17. The van der Waals surface area contributed by atoms with Gasteiger partial charge in [-0.3, -0.25) is 0 Å². The quantitative estimate of drug-likeness (QED) is 0.405. The van der Waals surface area contributed by atoms with Gasteiger partial charge in [0.1, 0.15) is 11.1 Å². The van der Waals surface area contributed by atoms with Crippen LogP contribution >= 0.6 is 35.3 Å². The summed E-state index contributed by atoms with van der Waals surface area (Å²) >= 11 is 1.70. The Bertz CT molecular complexity index is 734. The van der Waals surface area contributed by atoms with Crippen LogP contribution in [0.2, 0.25) is 0 Å². The first-order valence-electron chi connectivity index (χ1n) is 8.79. The van der Waals surface area contributed by atoms with Crippen molar-refractivity contribution in [2.75, 3.05) is 26.2 Å². The van der Waals surface area contributed by atoms with E-state index in [-0.39, 0.29) is 30.1 Å². The van der Waals surface area contributed by atoms with E-state index in [4.69, 9.17) is 9.73 Å². The molecule has 2 heterocycles. The lowest BCUT2D eigenvalue weighted by Crippen LogP contribution is -2.48. The summed E-state index contributed by atoms with van der Waals surface area (Å²) in [4.78, 5) is 12.7. The molecule has 0 amide bonds. The van der Waals surface area contributed by atoms with Crippen molar-refractivity contribution in [3.05, 3.63) is 51.5 Å². The van der Waals surface area contributed by atoms with E-state index in [0.717, 1.165) is 30.6 Å². The van der Waals surface area contributed by atoms with Gasteiger partial charge in [0.15, 0.2) is 5.96 Å². The molecule has 3 rings (SSSR count). The van der Waals surface area contributed by atoms with Crippen molar-refractivity contribution in [3.8, 4) is 0 Å². The zero-order valence-corrected chi connectivity index (χ0v) is 18.7. The molecule has 1 unspecified atom stereocenters. The van der Waals surface area contributed by atoms with Crippen molar-refractivity contribution < 1.29 is 4.74 Å². The number of hydrogen-bond donors (Lipinski definition) is 1. The maximum atomic E-state index is 6.03. The van der Waals surface area contributed by atoms with Crippen LogP contribution < -0.4 is 5.32 Å². The van der Waals surface area contributed by atoms with Crippen molar-refractivity contribution in [2.45, 2.75) is 33.4 Å². The third-order valence-electron chi connectivity index (χ3n) is 4.27. The second-order valence-corrected chi connectivity index (χ2v) is 7.52. The molecule has 5 nitrogen and oxygen atoms in total. The summed E-state index contributed by atoms with van der Waals surface area (Å²) in [6.07, 6.45) is 1.99. The number of halogens is 1. The Morgan fingerprint density at radius 2 is 2.19 bits per heavy atom. The molecule has 0 radical (unpaired) electrons. The molecule has 142 valence electrons. The smallest absolute Gasteiger partial charge is 0.194 e. The van der Waals surface area contributed by atoms with Crippen LogP contribution in [0.1, 0.15) is 34.0 Å². The Labute approximate surface area is 176 Å². The summed E-state index contributed by atoms with van der Waals surface area (Å²) in [6, 6.07) is 8.45. The molecule has 1 atom stereocenters. The Hall–Kier alpha value is -1.19. The lowest BCUT2D eigenvalue weighted by Gasteiger charge is -2.35. The normalized spacial score (nSPS) is 17.7. The minimum Gasteiger partial charge on any atom is -0.370 e. The van der Waals surface area contributed by atoms with E-state index in [1.165, 1.54) is 16.0 Å². The van der Waals surface area contributed by atoms with Gasteiger partial charge < -0.3 is 15.0 Å². The second-order valence-electron chi connectivity index (χ2n) is 6.20. The topological polar surface area (TPSA) is 49.8 Å². The van der Waals surface area contributed by atoms with Crippen LogP contribution in [-0.4, -0.2) is 42.1 Å². The van der Waals surface area contributed by atoms with Crippen LogP contribution in [-0.2, 0) is 11.3 Å². The van der Waals surface area contributed by atoms with Gasteiger partial charge in [-0.05, 0) is 31.9 Å². The Balaban J connectivity index is 0.00000243. The molecule has 2 aromatic rings. The van der Waals surface area contributed by atoms with E-state index < -0.39 is 0 Å². The van der Waals surface area contributed by atoms with Crippen LogP contribution in [0, 0.1) is 13.8 Å². The highest BCUT2D eigenvalue weighted by atomic mass is 127. The van der Waals surface area contributed by atoms with Gasteiger partial charge in [-0.15, -0.1) is 35.3 Å². The van der Waals surface area contributed by atoms with Crippen LogP contribution in [0.4, 0.5) is 0 Å². The van der Waals surface area contributed by atoms with Crippen LogP contribution in [0.25, 0.3) is 0 Å². The largest absolute Gasteiger partial charge is 0.370 e. The zero-order valence-electron chi connectivity index (χ0n) is 15.6. The number of morpholine rings is 1. The molecule has 0 aliphatic carbocycles. The fourth-order valence-corrected chi connectivity index (χ4v) is 3.73. The van der Waals surface area contributed by atoms with Crippen molar-refractivity contribution in [1.29, 1.82) is 0 Å². The number of nitrogens with zero attached hydrogens (tertiary/aromatic N) is 3. The summed E-state index contributed by atoms with van der Waals surface area (Å²) in [7, 11) is 0. The van der Waals surface area contributed by atoms with Gasteiger partial charge in [0.25, 0.3) is 0 Å². The highest BCUT2D eigenvalue weighted by molar-refractivity contribution is 14.0. The summed E-state index contributed by atoms with van der Waals surface area (Å²) in [5.74, 6) is 0.942. The average molecular weight is 486 g/mol. The third kappa shape index (κ3) is 5.40. The molecule has 0 bridgehead atoms. The van der Waals surface area contributed by atoms with Gasteiger partial charge in [-0.1, -0.05) is 24.3 Å². The number of benzene rings is 1. The lowest BCUT2D eigenvalue weighted by molar-refractivity contribution is -0.00834. The molecule has 1 aliphatic heterocycles. The molecule has 1 aromatic carbocycles. The van der Waals surface area contributed by atoms with E-state index in [0.29, 0.717) is 13.2 Å². The van der Waals surface area contributed by atoms with Gasteiger partial charge in [0.2, 0.25) is 0 Å². The molecule has 26 heavy (non-hydrogen) atoms. The minimum absolute atomic E-state index is 0. The Kier molecular flexibility index (Phi) is 8.30. The number of guanidine groups is 1. The molecule has 0 saturated carbocycles. The van der Waals surface area contributed by atoms with E-state index in [2.05, 4.69) is 60.2 Å². The summed E-state index contributed by atoms with van der Waals surface area (Å²) in [6.45, 7) is 10.2. The molecule has 1 saturated heterocycles. The first-order chi connectivity index (χ1) is 12.2. The SMILES string of the molecule is CCNC(=NCc1ncc(C)s1)N1CCOC(c2ccccc2C)C1.I. The lowest BCUT2D eigenvalue weighted by atomic mass is 10.0. The fraction of sp³-hybridized carbons (Fsp3) is 0.474. The Morgan fingerprint density at radius 3 is 2.88 bits per heavy atom. The highest BCUT2D eigenvalue weighted by Crippen LogP contribution is 2.25. The first kappa shape index (κ1) is 21.1. The highest BCUT2D eigenvalue weighted by Gasteiger charge is 2.25. The molecule has 1 aliphatic rings. The van der Waals surface area contributed by atoms with Crippen molar-refractivity contribution in [1.82, 2.24) is 15.2 Å². The van der Waals surface area contributed by atoms with Gasteiger partial charge in [-0.2, -0.15) is 0 Å². The van der Waals surface area contributed by atoms with Gasteiger partial charge >= 0.3 is 0 Å². The molecular formula is C19H27IN4OS. The summed E-state index contributed by atoms with van der Waals surface area (Å²) in [5, 5.41) is 4.47. The molecule has 1 N–H and O–H groups in total. The molecule has 7 heteroatoms. The average Bonchev–Trinajstić information content (AvgIpc) is 3.04. The summed E-state index contributed by atoms with van der Waals surface area (Å²) < 4.78 is 6.03. The molecular weight excluding hydrogens is 459 g/mol. The zero-order chi connectivity index (χ0) is 17.6. The number of rotatable bonds is 4. The number of aryl methyl sites for hydroxylation is 2. The maximum absolute atomic E-state index is 6.03. The number of ether oxygens (including phenoxy) is 1. The van der Waals surface area contributed by atoms with E-state index in [1.54, 1.807) is 11.3 Å². The fourth-order valence-electron chi connectivity index (χ4n) is 3.02. The predicted molar refractivity (Wildman–Crippen MR) is 119 cm³/mol. The van der Waals surface area contributed by atoms with Gasteiger partial charge in [0.05, 0.1) is 19.7 Å². The first-order valence-corrected chi connectivity index (χ1v) is 9.60. The van der Waals surface area contributed by atoms with E-state index in [1.807, 2.05) is 6.20 Å². The molecule has 1 aromatic heterocycles. The predicted octanol–water partition coefficient (Wildman–Crippen LogP) is 3.92. The minimum atomic E-state index is 0. The number of thiazole rings is 1. The van der Waals surface area contributed by atoms with E-state index >= 15 is 0 Å². The van der Waals surface area contributed by atoms with Crippen LogP contribution in [0.5, 0.6) is 0 Å². The van der Waals surface area contributed by atoms with E-state index in [9.17, 15) is 0 Å². The van der Waals surface area contributed by atoms with Gasteiger partial charge in [-0.25, -0.2) is 9.98 Å². The maximum Gasteiger partial charge on any atom is 0.194 e. The standard InChI is InChI=1S/C19H26N4OS.HI/c1-4-20-19(22-12-18-21-11-15(3)25-18)23-9-10-24-17(13-23)16-8-6-5-7-14(16)2;/h5-8,11,17H,4,9-10,12-13H2,1-3H3,(H,20,22);1H. The summed E-state index contributed by atoms with van der Waals surface area (Å²) in [5.41, 5.74) is 2.54. The molecule has 0 spiro atoms. The number of aliphatic imine (C=N–C) groups is 1. The number of aromatic nitrogens is 1. The number of nitrogens with one attached hydrogen (secondary N) is 1. The second kappa shape index (κ2) is 10.2.